The summed E-state index contributed by atoms with van der Waals surface area (Å²) in [4.78, 5) is 25.7. The van der Waals surface area contributed by atoms with Crippen molar-refractivity contribution in [3.63, 3.8) is 0 Å². The van der Waals surface area contributed by atoms with Crippen LogP contribution in [0.5, 0.6) is 5.75 Å². The van der Waals surface area contributed by atoms with E-state index < -0.39 is 18.0 Å². The zero-order valence-corrected chi connectivity index (χ0v) is 15.2. The van der Waals surface area contributed by atoms with Crippen LogP contribution in [-0.2, 0) is 11.3 Å². The van der Waals surface area contributed by atoms with Crippen LogP contribution < -0.4 is 4.74 Å². The molecule has 1 saturated heterocycles. The Balaban J connectivity index is 2.00. The molecule has 0 radical (unpaired) electrons. The highest BCUT2D eigenvalue weighted by atomic mass is 35.5. The van der Waals surface area contributed by atoms with Crippen molar-refractivity contribution < 1.29 is 14.5 Å². The molecule has 2 aromatic rings. The Morgan fingerprint density at radius 2 is 1.85 bits per heavy atom. The topological polar surface area (TPSA) is 72.7 Å². The predicted molar refractivity (Wildman–Crippen MR) is 97.7 cm³/mol. The Kier molecular flexibility index (Phi) is 5.13. The maximum atomic E-state index is 12.8. The number of ether oxygens (including phenoxy) is 1. The average molecular weight is 375 g/mol. The van der Waals surface area contributed by atoms with Gasteiger partial charge in [-0.15, -0.1) is 0 Å². The number of nitro groups is 1. The molecule has 1 aliphatic heterocycles. The average Bonchev–Trinajstić information content (AvgIpc) is 2.88. The van der Waals surface area contributed by atoms with Crippen LogP contribution in [0.2, 0.25) is 5.02 Å². The summed E-state index contributed by atoms with van der Waals surface area (Å²) in [6.07, 6.45) is 0. The first-order chi connectivity index (χ1) is 12.4. The molecule has 6 nitrogen and oxygen atoms in total. The minimum absolute atomic E-state index is 0.243. The van der Waals surface area contributed by atoms with Crippen molar-refractivity contribution in [3.8, 4) is 5.75 Å². The normalized spacial score (nSPS) is 22.5. The SMILES string of the molecule is COc1ccc(CN2C(=O)C(C)[C@H]([N+](=O)[O-])C2c2ccccc2Cl)cc1. The number of likely N-dealkylation sites (tertiary alicyclic amines) is 1. The fourth-order valence-corrected chi connectivity index (χ4v) is 3.72. The molecule has 1 heterocycles. The van der Waals surface area contributed by atoms with Gasteiger partial charge in [0.05, 0.1) is 7.11 Å². The molecule has 0 aromatic heterocycles. The molecule has 0 spiro atoms. The van der Waals surface area contributed by atoms with Crippen molar-refractivity contribution in [2.24, 2.45) is 5.92 Å². The Labute approximate surface area is 156 Å². The highest BCUT2D eigenvalue weighted by Crippen LogP contribution is 2.41. The first-order valence-electron chi connectivity index (χ1n) is 8.25. The van der Waals surface area contributed by atoms with Gasteiger partial charge in [-0.3, -0.25) is 14.9 Å². The summed E-state index contributed by atoms with van der Waals surface area (Å²) >= 11 is 6.30. The lowest BCUT2D eigenvalue weighted by atomic mass is 9.95. The van der Waals surface area contributed by atoms with Gasteiger partial charge in [0.25, 0.3) is 0 Å². The van der Waals surface area contributed by atoms with Gasteiger partial charge >= 0.3 is 0 Å². The van der Waals surface area contributed by atoms with Crippen LogP contribution in [0.15, 0.2) is 48.5 Å². The van der Waals surface area contributed by atoms with Gasteiger partial charge < -0.3 is 9.64 Å². The number of halogens is 1. The third-order valence-corrected chi connectivity index (χ3v) is 5.17. The van der Waals surface area contributed by atoms with E-state index in [4.69, 9.17) is 16.3 Å². The van der Waals surface area contributed by atoms with E-state index in [1.807, 2.05) is 12.1 Å². The Morgan fingerprint density at radius 1 is 1.19 bits per heavy atom. The van der Waals surface area contributed by atoms with Gasteiger partial charge in [-0.25, -0.2) is 0 Å². The molecule has 1 aliphatic rings. The minimum Gasteiger partial charge on any atom is -0.497 e. The van der Waals surface area contributed by atoms with E-state index in [9.17, 15) is 14.9 Å². The smallest absolute Gasteiger partial charge is 0.248 e. The van der Waals surface area contributed by atoms with Gasteiger partial charge in [0.1, 0.15) is 17.7 Å². The second-order valence-electron chi connectivity index (χ2n) is 6.35. The van der Waals surface area contributed by atoms with Gasteiger partial charge in [-0.2, -0.15) is 0 Å². The first-order valence-corrected chi connectivity index (χ1v) is 8.63. The number of hydrogen-bond donors (Lipinski definition) is 0. The highest BCUT2D eigenvalue weighted by molar-refractivity contribution is 6.31. The van der Waals surface area contributed by atoms with Gasteiger partial charge in [-0.05, 0) is 30.7 Å². The molecular formula is C19H19ClN2O4. The predicted octanol–water partition coefficient (Wildman–Crippen LogP) is 3.71. The molecule has 3 rings (SSSR count). The van der Waals surface area contributed by atoms with E-state index in [1.54, 1.807) is 55.3 Å². The largest absolute Gasteiger partial charge is 0.497 e. The molecule has 7 heteroatoms. The lowest BCUT2D eigenvalue weighted by Gasteiger charge is -2.26. The van der Waals surface area contributed by atoms with Crippen LogP contribution in [0.25, 0.3) is 0 Å². The third-order valence-electron chi connectivity index (χ3n) is 4.82. The van der Waals surface area contributed by atoms with Crippen LogP contribution in [0.4, 0.5) is 0 Å². The molecule has 1 amide bonds. The quantitative estimate of drug-likeness (QED) is 0.590. The van der Waals surface area contributed by atoms with Gasteiger partial charge in [0, 0.05) is 22.1 Å². The number of methoxy groups -OCH3 is 1. The summed E-state index contributed by atoms with van der Waals surface area (Å²) in [6, 6.07) is 12.5. The molecular weight excluding hydrogens is 356 g/mol. The minimum atomic E-state index is -1.04. The molecule has 2 aromatic carbocycles. The van der Waals surface area contributed by atoms with Crippen LogP contribution in [0.3, 0.4) is 0 Å². The molecule has 3 atom stereocenters. The number of rotatable bonds is 5. The van der Waals surface area contributed by atoms with E-state index in [1.165, 1.54) is 0 Å². The van der Waals surface area contributed by atoms with Crippen LogP contribution >= 0.6 is 11.6 Å². The molecule has 136 valence electrons. The van der Waals surface area contributed by atoms with Gasteiger partial charge in [0.15, 0.2) is 0 Å². The number of nitrogens with zero attached hydrogens (tertiary/aromatic N) is 2. The molecule has 26 heavy (non-hydrogen) atoms. The molecule has 1 fully saturated rings. The zero-order chi connectivity index (χ0) is 18.8. The Morgan fingerprint density at radius 3 is 2.42 bits per heavy atom. The van der Waals surface area contributed by atoms with E-state index in [0.717, 1.165) is 5.56 Å². The first kappa shape index (κ1) is 18.2. The number of amides is 1. The molecule has 2 unspecified atom stereocenters. The number of carbonyl (C=O) groups is 1. The maximum Gasteiger partial charge on any atom is 0.248 e. The summed E-state index contributed by atoms with van der Waals surface area (Å²) in [5, 5.41) is 12.1. The Bertz CT molecular complexity index is 825. The van der Waals surface area contributed by atoms with Crippen LogP contribution in [-0.4, -0.2) is 28.9 Å². The van der Waals surface area contributed by atoms with E-state index >= 15 is 0 Å². The van der Waals surface area contributed by atoms with Crippen molar-refractivity contribution in [2.75, 3.05) is 7.11 Å². The standard InChI is InChI=1S/C19H19ClN2O4/c1-12-17(22(24)25)18(15-5-3-4-6-16(15)20)21(19(12)23)11-13-7-9-14(26-2)10-8-13/h3-10,12,17-18H,11H2,1-2H3/t12?,17-,18?/m0/s1. The van der Waals surface area contributed by atoms with Crippen LogP contribution in [0.1, 0.15) is 24.1 Å². The summed E-state index contributed by atoms with van der Waals surface area (Å²) in [7, 11) is 1.58. The monoisotopic (exact) mass is 374 g/mol. The maximum absolute atomic E-state index is 12.8. The van der Waals surface area contributed by atoms with E-state index in [-0.39, 0.29) is 17.4 Å². The van der Waals surface area contributed by atoms with Crippen LogP contribution in [0, 0.1) is 16.0 Å². The Hall–Kier alpha value is -2.60. The van der Waals surface area contributed by atoms with Gasteiger partial charge in [0.2, 0.25) is 11.9 Å². The second-order valence-corrected chi connectivity index (χ2v) is 6.75. The van der Waals surface area contributed by atoms with E-state index in [2.05, 4.69) is 0 Å². The summed E-state index contributed by atoms with van der Waals surface area (Å²) in [5.41, 5.74) is 1.47. The van der Waals surface area contributed by atoms with Crippen molar-refractivity contribution in [1.29, 1.82) is 0 Å². The lowest BCUT2D eigenvalue weighted by molar-refractivity contribution is -0.532. The fourth-order valence-electron chi connectivity index (χ4n) is 3.47. The summed E-state index contributed by atoms with van der Waals surface area (Å²) < 4.78 is 5.14. The molecule has 0 bridgehead atoms. The third kappa shape index (κ3) is 3.24. The van der Waals surface area contributed by atoms with Crippen molar-refractivity contribution in [2.45, 2.75) is 25.6 Å². The van der Waals surface area contributed by atoms with E-state index in [0.29, 0.717) is 16.3 Å². The fraction of sp³-hybridized carbons (Fsp3) is 0.316. The summed E-state index contributed by atoms with van der Waals surface area (Å²) in [5.74, 6) is -0.252. The number of benzene rings is 2. The number of carbonyl (C=O) groups excluding carboxylic acids is 1. The van der Waals surface area contributed by atoms with Crippen molar-refractivity contribution in [3.05, 3.63) is 74.8 Å². The second kappa shape index (κ2) is 7.33. The van der Waals surface area contributed by atoms with Crippen molar-refractivity contribution in [1.82, 2.24) is 4.90 Å². The molecule has 0 N–H and O–H groups in total. The zero-order valence-electron chi connectivity index (χ0n) is 14.5. The lowest BCUT2D eigenvalue weighted by Crippen LogP contribution is -2.33. The highest BCUT2D eigenvalue weighted by Gasteiger charge is 2.54. The molecule has 0 saturated carbocycles. The number of hydrogen-bond acceptors (Lipinski definition) is 4. The molecule has 0 aliphatic carbocycles. The van der Waals surface area contributed by atoms with Gasteiger partial charge in [-0.1, -0.05) is 41.9 Å². The summed E-state index contributed by atoms with van der Waals surface area (Å²) in [6.45, 7) is 1.88. The van der Waals surface area contributed by atoms with Crippen molar-refractivity contribution >= 4 is 17.5 Å².